The normalized spacial score (nSPS) is 22.5. The topological polar surface area (TPSA) is 65.1 Å². The van der Waals surface area contributed by atoms with Crippen molar-refractivity contribution in [2.75, 3.05) is 19.8 Å². The number of carbonyl (C=O) groups excluding carboxylic acids is 2. The van der Waals surface area contributed by atoms with E-state index >= 15 is 0 Å². The molecule has 2 aliphatic heterocycles. The monoisotopic (exact) mass is 353 g/mol. The second-order valence-corrected chi connectivity index (χ2v) is 6.28. The van der Waals surface area contributed by atoms with Crippen molar-refractivity contribution in [1.29, 1.82) is 0 Å². The van der Waals surface area contributed by atoms with Gasteiger partial charge >= 0.3 is 0 Å². The highest BCUT2D eigenvalue weighted by Gasteiger charge is 2.41. The molecule has 2 aliphatic rings. The SMILES string of the molecule is O=C1c2ccccc2C(=O)N1[C@H]1CO[C@H](COCc2ccccc2)OC1. The summed E-state index contributed by atoms with van der Waals surface area (Å²) in [6, 6.07) is 16.3. The van der Waals surface area contributed by atoms with E-state index in [-0.39, 0.29) is 25.0 Å². The molecule has 1 fully saturated rings. The van der Waals surface area contributed by atoms with Gasteiger partial charge in [-0.1, -0.05) is 42.5 Å². The molecule has 0 aliphatic carbocycles. The lowest BCUT2D eigenvalue weighted by Gasteiger charge is -2.33. The van der Waals surface area contributed by atoms with Gasteiger partial charge in [-0.2, -0.15) is 0 Å². The van der Waals surface area contributed by atoms with Crippen LogP contribution in [0, 0.1) is 0 Å². The number of hydrogen-bond donors (Lipinski definition) is 0. The zero-order chi connectivity index (χ0) is 17.9. The second-order valence-electron chi connectivity index (χ2n) is 6.28. The lowest BCUT2D eigenvalue weighted by molar-refractivity contribution is -0.219. The third-order valence-corrected chi connectivity index (χ3v) is 4.51. The molecule has 2 aromatic carbocycles. The molecule has 6 heteroatoms. The summed E-state index contributed by atoms with van der Waals surface area (Å²) in [4.78, 5) is 26.2. The van der Waals surface area contributed by atoms with E-state index in [2.05, 4.69) is 0 Å². The van der Waals surface area contributed by atoms with Crippen LogP contribution >= 0.6 is 0 Å². The Hall–Kier alpha value is -2.54. The highest BCUT2D eigenvalue weighted by atomic mass is 16.7. The maximum absolute atomic E-state index is 12.5. The minimum Gasteiger partial charge on any atom is -0.371 e. The van der Waals surface area contributed by atoms with Crippen LogP contribution in [0.4, 0.5) is 0 Å². The molecule has 1 saturated heterocycles. The molecule has 0 N–H and O–H groups in total. The van der Waals surface area contributed by atoms with E-state index in [0.717, 1.165) is 5.56 Å². The lowest BCUT2D eigenvalue weighted by atomic mass is 10.1. The standard InChI is InChI=1S/C20H19NO5/c22-19-16-8-4-5-9-17(16)20(23)21(19)15-11-25-18(26-12-15)13-24-10-14-6-2-1-3-7-14/h1-9,15,18H,10-13H2/t15-,18-. The maximum atomic E-state index is 12.5. The van der Waals surface area contributed by atoms with Gasteiger partial charge in [-0.3, -0.25) is 14.5 Å². The van der Waals surface area contributed by atoms with Gasteiger partial charge in [-0.05, 0) is 17.7 Å². The lowest BCUT2D eigenvalue weighted by Crippen LogP contribution is -2.50. The van der Waals surface area contributed by atoms with Gasteiger partial charge in [-0.15, -0.1) is 0 Å². The van der Waals surface area contributed by atoms with E-state index in [1.807, 2.05) is 30.3 Å². The van der Waals surface area contributed by atoms with E-state index < -0.39 is 12.3 Å². The van der Waals surface area contributed by atoms with Crippen molar-refractivity contribution < 1.29 is 23.8 Å². The third-order valence-electron chi connectivity index (χ3n) is 4.51. The molecule has 0 aromatic heterocycles. The molecule has 26 heavy (non-hydrogen) atoms. The molecule has 0 bridgehead atoms. The predicted octanol–water partition coefficient (Wildman–Crippen LogP) is 2.24. The molecule has 2 aromatic rings. The van der Waals surface area contributed by atoms with Crippen LogP contribution in [0.1, 0.15) is 26.3 Å². The minimum atomic E-state index is -0.495. The number of ether oxygens (including phenoxy) is 3. The Morgan fingerprint density at radius 2 is 1.46 bits per heavy atom. The zero-order valence-corrected chi connectivity index (χ0v) is 14.2. The number of imide groups is 1. The largest absolute Gasteiger partial charge is 0.371 e. The number of carbonyl (C=O) groups is 2. The Morgan fingerprint density at radius 3 is 2.08 bits per heavy atom. The van der Waals surface area contributed by atoms with Crippen molar-refractivity contribution in [3.63, 3.8) is 0 Å². The van der Waals surface area contributed by atoms with Gasteiger partial charge < -0.3 is 14.2 Å². The van der Waals surface area contributed by atoms with Crippen molar-refractivity contribution >= 4 is 11.8 Å². The summed E-state index contributed by atoms with van der Waals surface area (Å²) in [5.74, 6) is -0.580. The molecule has 0 unspecified atom stereocenters. The molecular weight excluding hydrogens is 334 g/mol. The molecular formula is C20H19NO5. The van der Waals surface area contributed by atoms with Crippen LogP contribution in [-0.4, -0.2) is 48.9 Å². The van der Waals surface area contributed by atoms with Gasteiger partial charge in [0, 0.05) is 0 Å². The summed E-state index contributed by atoms with van der Waals surface area (Å²) in [6.45, 7) is 1.26. The first kappa shape index (κ1) is 16.9. The van der Waals surface area contributed by atoms with Gasteiger partial charge in [0.15, 0.2) is 6.29 Å². The molecule has 0 radical (unpaired) electrons. The summed E-state index contributed by atoms with van der Waals surface area (Å²) in [5.41, 5.74) is 1.95. The molecule has 0 spiro atoms. The Labute approximate surface area is 151 Å². The van der Waals surface area contributed by atoms with Crippen molar-refractivity contribution in [3.8, 4) is 0 Å². The number of nitrogens with zero attached hydrogens (tertiary/aromatic N) is 1. The van der Waals surface area contributed by atoms with E-state index in [4.69, 9.17) is 14.2 Å². The van der Waals surface area contributed by atoms with Crippen molar-refractivity contribution in [3.05, 3.63) is 71.3 Å². The first-order valence-corrected chi connectivity index (χ1v) is 8.56. The van der Waals surface area contributed by atoms with Crippen LogP contribution in [0.2, 0.25) is 0 Å². The van der Waals surface area contributed by atoms with E-state index in [0.29, 0.717) is 24.3 Å². The van der Waals surface area contributed by atoms with Crippen molar-refractivity contribution in [2.45, 2.75) is 18.9 Å². The van der Waals surface area contributed by atoms with Crippen LogP contribution in [0.15, 0.2) is 54.6 Å². The van der Waals surface area contributed by atoms with Gasteiger partial charge in [0.05, 0.1) is 43.6 Å². The molecule has 0 saturated carbocycles. The summed E-state index contributed by atoms with van der Waals surface area (Å²) in [6.07, 6.45) is -0.495. The van der Waals surface area contributed by atoms with Crippen LogP contribution in [0.5, 0.6) is 0 Å². The number of rotatable bonds is 5. The predicted molar refractivity (Wildman–Crippen MR) is 92.5 cm³/mol. The second kappa shape index (κ2) is 7.37. The van der Waals surface area contributed by atoms with Gasteiger partial charge in [0.2, 0.25) is 0 Å². The summed E-state index contributed by atoms with van der Waals surface area (Å²) >= 11 is 0. The fourth-order valence-electron chi connectivity index (χ4n) is 3.17. The van der Waals surface area contributed by atoms with E-state index in [1.165, 1.54) is 4.90 Å². The van der Waals surface area contributed by atoms with Gasteiger partial charge in [-0.25, -0.2) is 0 Å². The Kier molecular flexibility index (Phi) is 4.79. The highest BCUT2D eigenvalue weighted by molar-refractivity contribution is 6.21. The quantitative estimate of drug-likeness (QED) is 0.772. The zero-order valence-electron chi connectivity index (χ0n) is 14.2. The summed E-state index contributed by atoms with van der Waals surface area (Å²) in [5, 5.41) is 0. The number of benzene rings is 2. The van der Waals surface area contributed by atoms with Crippen LogP contribution in [0.25, 0.3) is 0 Å². The Bertz CT molecular complexity index is 764. The average molecular weight is 353 g/mol. The van der Waals surface area contributed by atoms with Gasteiger partial charge in [0.1, 0.15) is 0 Å². The fraction of sp³-hybridized carbons (Fsp3) is 0.300. The number of fused-ring (bicyclic) bond motifs is 1. The first-order valence-electron chi connectivity index (χ1n) is 8.56. The molecule has 2 heterocycles. The van der Waals surface area contributed by atoms with Crippen LogP contribution < -0.4 is 0 Å². The Balaban J connectivity index is 1.29. The van der Waals surface area contributed by atoms with E-state index in [1.54, 1.807) is 24.3 Å². The smallest absolute Gasteiger partial charge is 0.261 e. The van der Waals surface area contributed by atoms with Gasteiger partial charge in [0.25, 0.3) is 11.8 Å². The fourth-order valence-corrected chi connectivity index (χ4v) is 3.17. The summed E-state index contributed by atoms with van der Waals surface area (Å²) < 4.78 is 16.9. The van der Waals surface area contributed by atoms with Crippen molar-refractivity contribution in [2.24, 2.45) is 0 Å². The first-order chi connectivity index (χ1) is 12.7. The maximum Gasteiger partial charge on any atom is 0.261 e. The van der Waals surface area contributed by atoms with Crippen LogP contribution in [-0.2, 0) is 20.8 Å². The number of hydrogen-bond acceptors (Lipinski definition) is 5. The summed E-state index contributed by atoms with van der Waals surface area (Å²) in [7, 11) is 0. The minimum absolute atomic E-state index is 0.241. The van der Waals surface area contributed by atoms with Crippen molar-refractivity contribution in [1.82, 2.24) is 4.90 Å². The molecule has 6 nitrogen and oxygen atoms in total. The molecule has 134 valence electrons. The molecule has 2 amide bonds. The third kappa shape index (κ3) is 3.26. The molecule has 0 atom stereocenters. The highest BCUT2D eigenvalue weighted by Crippen LogP contribution is 2.26. The van der Waals surface area contributed by atoms with E-state index in [9.17, 15) is 9.59 Å². The van der Waals surface area contributed by atoms with Crippen LogP contribution in [0.3, 0.4) is 0 Å². The number of amides is 2. The molecule has 4 rings (SSSR count). The average Bonchev–Trinajstić information content (AvgIpc) is 2.94. The Morgan fingerprint density at radius 1 is 0.885 bits per heavy atom.